The van der Waals surface area contributed by atoms with Crippen LogP contribution in [0.1, 0.15) is 65.7 Å². The Labute approximate surface area is 129 Å². The van der Waals surface area contributed by atoms with E-state index in [1.807, 2.05) is 20.8 Å². The second-order valence-corrected chi connectivity index (χ2v) is 7.16. The van der Waals surface area contributed by atoms with Crippen molar-refractivity contribution >= 4 is 5.91 Å². The van der Waals surface area contributed by atoms with Gasteiger partial charge in [0.05, 0.1) is 6.04 Å². The fraction of sp³-hybridized carbons (Fsp3) is 0.941. The Hall–Kier alpha value is -0.610. The van der Waals surface area contributed by atoms with Gasteiger partial charge in [0.25, 0.3) is 0 Å². The zero-order chi connectivity index (χ0) is 15.2. The van der Waals surface area contributed by atoms with Crippen molar-refractivity contribution in [2.45, 2.75) is 89.9 Å². The summed E-state index contributed by atoms with van der Waals surface area (Å²) in [5.41, 5.74) is 0. The maximum absolute atomic E-state index is 12.1. The lowest BCUT2D eigenvalue weighted by Crippen LogP contribution is -2.55. The first-order valence-corrected chi connectivity index (χ1v) is 8.87. The lowest BCUT2D eigenvalue weighted by molar-refractivity contribution is -0.123. The number of rotatable bonds is 5. The van der Waals surface area contributed by atoms with E-state index in [2.05, 4.69) is 16.0 Å². The standard InChI is InChI=1S/C17H33N3O/c1-12(2)19-17(21)13(3)20-16-10-5-4-8-14(16)15-9-6-7-11-18-15/h12-16,18,20H,4-11H2,1-3H3,(H,19,21). The van der Waals surface area contributed by atoms with Gasteiger partial charge >= 0.3 is 0 Å². The van der Waals surface area contributed by atoms with Gasteiger partial charge in [0, 0.05) is 18.1 Å². The van der Waals surface area contributed by atoms with Gasteiger partial charge in [-0.2, -0.15) is 0 Å². The predicted octanol–water partition coefficient (Wildman–Crippen LogP) is 2.19. The molecule has 1 amide bonds. The van der Waals surface area contributed by atoms with Crippen LogP contribution < -0.4 is 16.0 Å². The molecule has 0 aromatic heterocycles. The number of carbonyl (C=O) groups is 1. The number of hydrogen-bond acceptors (Lipinski definition) is 3. The zero-order valence-corrected chi connectivity index (χ0v) is 14.0. The van der Waals surface area contributed by atoms with Gasteiger partial charge < -0.3 is 16.0 Å². The predicted molar refractivity (Wildman–Crippen MR) is 87.3 cm³/mol. The van der Waals surface area contributed by atoms with Gasteiger partial charge in [0.2, 0.25) is 5.91 Å². The molecule has 1 saturated heterocycles. The molecule has 4 unspecified atom stereocenters. The van der Waals surface area contributed by atoms with Gasteiger partial charge in [0.1, 0.15) is 0 Å². The first-order chi connectivity index (χ1) is 10.1. The van der Waals surface area contributed by atoms with E-state index in [1.165, 1.54) is 44.9 Å². The first kappa shape index (κ1) is 16.8. The fourth-order valence-corrected chi connectivity index (χ4v) is 3.90. The van der Waals surface area contributed by atoms with Gasteiger partial charge in [-0.15, -0.1) is 0 Å². The molecular formula is C17H33N3O. The summed E-state index contributed by atoms with van der Waals surface area (Å²) in [6.07, 6.45) is 9.11. The average Bonchev–Trinajstić information content (AvgIpc) is 2.48. The Bertz CT molecular complexity index is 326. The Morgan fingerprint density at radius 1 is 1.05 bits per heavy atom. The monoisotopic (exact) mass is 295 g/mol. The minimum absolute atomic E-state index is 0.0957. The van der Waals surface area contributed by atoms with Crippen LogP contribution in [0, 0.1) is 5.92 Å². The minimum atomic E-state index is -0.0957. The molecule has 4 nitrogen and oxygen atoms in total. The molecule has 0 bridgehead atoms. The van der Waals surface area contributed by atoms with Gasteiger partial charge in [-0.1, -0.05) is 19.3 Å². The largest absolute Gasteiger partial charge is 0.353 e. The van der Waals surface area contributed by atoms with Crippen LogP contribution in [0.25, 0.3) is 0 Å². The summed E-state index contributed by atoms with van der Waals surface area (Å²) in [7, 11) is 0. The van der Waals surface area contributed by atoms with Crippen LogP contribution in [0.2, 0.25) is 0 Å². The molecule has 0 aromatic carbocycles. The fourth-order valence-electron chi connectivity index (χ4n) is 3.90. The second-order valence-electron chi connectivity index (χ2n) is 7.16. The number of amides is 1. The first-order valence-electron chi connectivity index (χ1n) is 8.87. The zero-order valence-electron chi connectivity index (χ0n) is 14.0. The molecule has 122 valence electrons. The highest BCUT2D eigenvalue weighted by Crippen LogP contribution is 2.30. The van der Waals surface area contributed by atoms with E-state index in [0.29, 0.717) is 18.0 Å². The van der Waals surface area contributed by atoms with Crippen molar-refractivity contribution in [2.75, 3.05) is 6.54 Å². The van der Waals surface area contributed by atoms with E-state index in [0.717, 1.165) is 6.54 Å². The molecule has 3 N–H and O–H groups in total. The summed E-state index contributed by atoms with van der Waals surface area (Å²) in [5.74, 6) is 0.819. The van der Waals surface area contributed by atoms with Crippen LogP contribution in [0.4, 0.5) is 0 Å². The Balaban J connectivity index is 1.90. The van der Waals surface area contributed by atoms with Crippen molar-refractivity contribution in [3.05, 3.63) is 0 Å². The molecule has 21 heavy (non-hydrogen) atoms. The summed E-state index contributed by atoms with van der Waals surface area (Å²) in [5, 5.41) is 10.3. The SMILES string of the molecule is CC(C)NC(=O)C(C)NC1CCCCC1C1CCCCN1. The molecule has 1 saturated carbocycles. The third-order valence-electron chi connectivity index (χ3n) is 4.97. The third-order valence-corrected chi connectivity index (χ3v) is 4.97. The summed E-state index contributed by atoms with van der Waals surface area (Å²) in [6, 6.07) is 1.25. The van der Waals surface area contributed by atoms with Crippen LogP contribution >= 0.6 is 0 Å². The number of carbonyl (C=O) groups excluding carboxylic acids is 1. The van der Waals surface area contributed by atoms with E-state index >= 15 is 0 Å². The second kappa shape index (κ2) is 8.14. The van der Waals surface area contributed by atoms with Crippen LogP contribution in [-0.4, -0.2) is 36.6 Å². The number of nitrogens with one attached hydrogen (secondary N) is 3. The van der Waals surface area contributed by atoms with Crippen molar-refractivity contribution in [2.24, 2.45) is 5.92 Å². The van der Waals surface area contributed by atoms with Crippen molar-refractivity contribution in [3.63, 3.8) is 0 Å². The van der Waals surface area contributed by atoms with Gasteiger partial charge in [0.15, 0.2) is 0 Å². The van der Waals surface area contributed by atoms with Crippen LogP contribution in [0.15, 0.2) is 0 Å². The molecule has 2 rings (SSSR count). The van der Waals surface area contributed by atoms with Gasteiger partial charge in [-0.25, -0.2) is 0 Å². The van der Waals surface area contributed by atoms with Gasteiger partial charge in [-0.3, -0.25) is 4.79 Å². The highest BCUT2D eigenvalue weighted by atomic mass is 16.2. The van der Waals surface area contributed by atoms with Gasteiger partial charge in [-0.05, 0) is 58.9 Å². The van der Waals surface area contributed by atoms with E-state index in [-0.39, 0.29) is 18.0 Å². The average molecular weight is 295 g/mol. The number of hydrogen-bond donors (Lipinski definition) is 3. The molecule has 1 aliphatic heterocycles. The lowest BCUT2D eigenvalue weighted by Gasteiger charge is -2.41. The maximum atomic E-state index is 12.1. The van der Waals surface area contributed by atoms with E-state index in [9.17, 15) is 4.79 Å². The molecule has 4 heteroatoms. The van der Waals surface area contributed by atoms with E-state index in [4.69, 9.17) is 0 Å². The smallest absolute Gasteiger partial charge is 0.237 e. The van der Waals surface area contributed by atoms with Crippen LogP contribution in [0.5, 0.6) is 0 Å². The molecule has 2 fully saturated rings. The lowest BCUT2D eigenvalue weighted by atomic mass is 9.77. The highest BCUT2D eigenvalue weighted by molar-refractivity contribution is 5.81. The molecule has 0 spiro atoms. The Kier molecular flexibility index (Phi) is 6.49. The van der Waals surface area contributed by atoms with E-state index < -0.39 is 0 Å². The van der Waals surface area contributed by atoms with Crippen LogP contribution in [0.3, 0.4) is 0 Å². The normalized spacial score (nSPS) is 31.9. The van der Waals surface area contributed by atoms with Crippen LogP contribution in [-0.2, 0) is 4.79 Å². The van der Waals surface area contributed by atoms with Crippen molar-refractivity contribution < 1.29 is 4.79 Å². The highest BCUT2D eigenvalue weighted by Gasteiger charge is 2.33. The summed E-state index contributed by atoms with van der Waals surface area (Å²) in [6.45, 7) is 7.19. The minimum Gasteiger partial charge on any atom is -0.353 e. The summed E-state index contributed by atoms with van der Waals surface area (Å²) < 4.78 is 0. The van der Waals surface area contributed by atoms with Crippen molar-refractivity contribution in [1.29, 1.82) is 0 Å². The molecule has 2 aliphatic rings. The summed E-state index contributed by atoms with van der Waals surface area (Å²) in [4.78, 5) is 12.1. The molecule has 1 heterocycles. The Morgan fingerprint density at radius 3 is 2.43 bits per heavy atom. The topological polar surface area (TPSA) is 53.2 Å². The third kappa shape index (κ3) is 4.96. The Morgan fingerprint density at radius 2 is 1.76 bits per heavy atom. The van der Waals surface area contributed by atoms with Crippen molar-refractivity contribution in [3.8, 4) is 0 Å². The van der Waals surface area contributed by atoms with Crippen molar-refractivity contribution in [1.82, 2.24) is 16.0 Å². The number of piperidine rings is 1. The molecule has 0 radical (unpaired) electrons. The molecule has 0 aromatic rings. The summed E-state index contributed by atoms with van der Waals surface area (Å²) >= 11 is 0. The quantitative estimate of drug-likeness (QED) is 0.729. The molecule has 1 aliphatic carbocycles. The van der Waals surface area contributed by atoms with E-state index in [1.54, 1.807) is 0 Å². The maximum Gasteiger partial charge on any atom is 0.237 e. The molecular weight excluding hydrogens is 262 g/mol. The molecule has 4 atom stereocenters.